The van der Waals surface area contributed by atoms with Gasteiger partial charge in [0, 0.05) is 18.2 Å². The lowest BCUT2D eigenvalue weighted by Crippen LogP contribution is -2.29. The van der Waals surface area contributed by atoms with E-state index in [0.29, 0.717) is 12.1 Å². The van der Waals surface area contributed by atoms with Crippen molar-refractivity contribution in [2.45, 2.75) is 24.7 Å². The summed E-state index contributed by atoms with van der Waals surface area (Å²) in [4.78, 5) is 12.2. The second kappa shape index (κ2) is 8.19. The van der Waals surface area contributed by atoms with Crippen LogP contribution in [0.3, 0.4) is 0 Å². The predicted molar refractivity (Wildman–Crippen MR) is 103 cm³/mol. The number of anilines is 1. The molecular weight excluding hydrogens is 426 g/mol. The Morgan fingerprint density at radius 2 is 2.03 bits per heavy atom. The van der Waals surface area contributed by atoms with Gasteiger partial charge in [-0.15, -0.1) is 0 Å². The van der Waals surface area contributed by atoms with Crippen molar-refractivity contribution in [1.29, 1.82) is 0 Å². The molecule has 3 aromatic rings. The van der Waals surface area contributed by atoms with E-state index in [1.54, 1.807) is 12.1 Å². The smallest absolute Gasteiger partial charge is 0.412 e. The zero-order valence-electron chi connectivity index (χ0n) is 15.4. The first-order chi connectivity index (χ1) is 14.3. The lowest BCUT2D eigenvalue weighted by Gasteiger charge is -2.23. The average molecular weight is 442 g/mol. The largest absolute Gasteiger partial charge is 0.473 e. The highest BCUT2D eigenvalue weighted by Gasteiger charge is 2.43. The predicted octanol–water partition coefficient (Wildman–Crippen LogP) is 4.27. The Morgan fingerprint density at radius 3 is 2.77 bits per heavy atom. The maximum absolute atomic E-state index is 14.3. The summed E-state index contributed by atoms with van der Waals surface area (Å²) in [6.07, 6.45) is -3.01. The van der Waals surface area contributed by atoms with E-state index in [2.05, 4.69) is 25.6 Å². The van der Waals surface area contributed by atoms with Crippen molar-refractivity contribution >= 4 is 28.5 Å². The van der Waals surface area contributed by atoms with Crippen molar-refractivity contribution in [1.82, 2.24) is 20.3 Å². The zero-order valence-corrected chi connectivity index (χ0v) is 16.1. The van der Waals surface area contributed by atoms with Gasteiger partial charge in [-0.2, -0.15) is 13.2 Å². The minimum absolute atomic E-state index is 0.0812. The highest BCUT2D eigenvalue weighted by molar-refractivity contribution is 6.30. The molecule has 2 aromatic heterocycles. The second-order valence-corrected chi connectivity index (χ2v) is 7.14. The third kappa shape index (κ3) is 4.24. The number of hydrogen-bond acceptors (Lipinski definition) is 6. The Morgan fingerprint density at radius 1 is 1.20 bits per heavy atom. The van der Waals surface area contributed by atoms with Gasteiger partial charge in [-0.1, -0.05) is 23.7 Å². The quantitative estimate of drug-likeness (QED) is 0.576. The molecule has 2 N–H and O–H groups in total. The van der Waals surface area contributed by atoms with E-state index in [1.165, 1.54) is 12.1 Å². The lowest BCUT2D eigenvalue weighted by atomic mass is 10.1. The van der Waals surface area contributed by atoms with Crippen LogP contribution in [0.4, 0.5) is 23.4 Å². The maximum Gasteiger partial charge on any atom is 0.412 e. The van der Waals surface area contributed by atoms with E-state index in [4.69, 9.17) is 16.3 Å². The van der Waals surface area contributed by atoms with Crippen LogP contribution in [0.5, 0.6) is 5.88 Å². The van der Waals surface area contributed by atoms with Crippen LogP contribution in [0.25, 0.3) is 11.0 Å². The number of nitrogens with zero attached hydrogens (tertiary/aromatic N) is 3. The molecule has 158 valence electrons. The lowest BCUT2D eigenvalue weighted by molar-refractivity contribution is -0.144. The van der Waals surface area contributed by atoms with Crippen LogP contribution in [-0.2, 0) is 0 Å². The normalized spacial score (nSPS) is 17.8. The molecule has 0 spiro atoms. The van der Waals surface area contributed by atoms with Gasteiger partial charge in [0.1, 0.15) is 23.8 Å². The van der Waals surface area contributed by atoms with Crippen molar-refractivity contribution in [2.75, 3.05) is 18.4 Å². The molecular formula is C19H16ClF4N5O. The maximum atomic E-state index is 14.3. The Labute approximate surface area is 173 Å². The van der Waals surface area contributed by atoms with Crippen molar-refractivity contribution in [3.63, 3.8) is 0 Å². The van der Waals surface area contributed by atoms with Gasteiger partial charge in [0.05, 0.1) is 10.5 Å². The average Bonchev–Trinajstić information content (AvgIpc) is 3.21. The van der Waals surface area contributed by atoms with Crippen LogP contribution >= 0.6 is 11.6 Å². The van der Waals surface area contributed by atoms with Gasteiger partial charge in [0.15, 0.2) is 11.9 Å². The number of ether oxygens (including phenoxy) is 1. The Hall–Kier alpha value is -2.72. The summed E-state index contributed by atoms with van der Waals surface area (Å²) in [6, 6.07) is 4.23. The molecule has 4 rings (SSSR count). The molecule has 1 saturated heterocycles. The molecule has 30 heavy (non-hydrogen) atoms. The van der Waals surface area contributed by atoms with E-state index in [1.807, 2.05) is 0 Å². The molecule has 1 fully saturated rings. The number of alkyl halides is 3. The molecule has 0 unspecified atom stereocenters. The summed E-state index contributed by atoms with van der Waals surface area (Å²) < 4.78 is 61.5. The fraction of sp³-hybridized carbons (Fsp3) is 0.316. The first kappa shape index (κ1) is 20.5. The van der Waals surface area contributed by atoms with Gasteiger partial charge in [0.2, 0.25) is 5.88 Å². The number of fused-ring (bicyclic) bond motifs is 1. The van der Waals surface area contributed by atoms with E-state index < -0.39 is 28.6 Å². The van der Waals surface area contributed by atoms with E-state index in [9.17, 15) is 17.6 Å². The zero-order chi connectivity index (χ0) is 21.3. The minimum atomic E-state index is -4.83. The number of nitrogens with one attached hydrogen (secondary N) is 2. The van der Waals surface area contributed by atoms with E-state index >= 15 is 0 Å². The van der Waals surface area contributed by atoms with Crippen LogP contribution in [0.2, 0.25) is 5.02 Å². The monoisotopic (exact) mass is 441 g/mol. The highest BCUT2D eigenvalue weighted by Crippen LogP contribution is 2.38. The van der Waals surface area contributed by atoms with E-state index in [-0.39, 0.29) is 23.3 Å². The molecule has 1 aliphatic heterocycles. The molecule has 1 aromatic carbocycles. The van der Waals surface area contributed by atoms with Crippen molar-refractivity contribution in [3.05, 3.63) is 53.1 Å². The number of aromatic nitrogens is 3. The summed E-state index contributed by atoms with van der Waals surface area (Å²) in [5.74, 6) is -1.11. The van der Waals surface area contributed by atoms with Crippen LogP contribution in [0.1, 0.15) is 18.0 Å². The topological polar surface area (TPSA) is 72.0 Å². The number of benzene rings is 1. The highest BCUT2D eigenvalue weighted by atomic mass is 35.5. The van der Waals surface area contributed by atoms with Gasteiger partial charge in [-0.3, -0.25) is 0 Å². The van der Waals surface area contributed by atoms with Crippen LogP contribution < -0.4 is 15.4 Å². The van der Waals surface area contributed by atoms with Gasteiger partial charge >= 0.3 is 6.18 Å². The first-order valence-electron chi connectivity index (χ1n) is 9.09. The summed E-state index contributed by atoms with van der Waals surface area (Å²) >= 11 is 5.68. The molecule has 0 amide bonds. The molecule has 6 nitrogen and oxygen atoms in total. The molecule has 0 radical (unpaired) electrons. The number of pyridine rings is 1. The standard InChI is InChI=1S/C19H16ClF4N5O/c20-12-3-1-2-11(15(12)21)17(19(22,23)24)29-18-16-13(26-9-27-18)4-5-14(28-16)30-10-6-7-25-8-10/h1-5,9-10,17,25H,6-8H2,(H,26,27,29)/t10-,17-/m0/s1. The summed E-state index contributed by atoms with van der Waals surface area (Å²) in [5.41, 5.74) is -0.249. The molecule has 0 bridgehead atoms. The summed E-state index contributed by atoms with van der Waals surface area (Å²) in [5, 5.41) is 5.01. The molecule has 11 heteroatoms. The van der Waals surface area contributed by atoms with Gasteiger partial charge < -0.3 is 15.4 Å². The fourth-order valence-corrected chi connectivity index (χ4v) is 3.39. The van der Waals surface area contributed by atoms with Crippen LogP contribution in [0.15, 0.2) is 36.7 Å². The molecule has 2 atom stereocenters. The molecule has 3 heterocycles. The molecule has 0 aliphatic carbocycles. The van der Waals surface area contributed by atoms with Crippen LogP contribution in [0, 0.1) is 5.82 Å². The van der Waals surface area contributed by atoms with Crippen molar-refractivity contribution in [3.8, 4) is 5.88 Å². The third-order valence-corrected chi connectivity index (χ3v) is 4.95. The number of hydrogen-bond donors (Lipinski definition) is 2. The van der Waals surface area contributed by atoms with Gasteiger partial charge in [-0.05, 0) is 25.1 Å². The number of rotatable bonds is 5. The second-order valence-electron chi connectivity index (χ2n) is 6.73. The molecule has 1 aliphatic rings. The Bertz CT molecular complexity index is 1060. The Kier molecular flexibility index (Phi) is 5.61. The van der Waals surface area contributed by atoms with Crippen molar-refractivity contribution < 1.29 is 22.3 Å². The van der Waals surface area contributed by atoms with Gasteiger partial charge in [-0.25, -0.2) is 19.3 Å². The minimum Gasteiger partial charge on any atom is -0.473 e. The first-order valence-corrected chi connectivity index (χ1v) is 9.47. The molecule has 0 saturated carbocycles. The fourth-order valence-electron chi connectivity index (χ4n) is 3.21. The van der Waals surface area contributed by atoms with E-state index in [0.717, 1.165) is 25.4 Å². The number of halogens is 5. The summed E-state index contributed by atoms with van der Waals surface area (Å²) in [7, 11) is 0. The van der Waals surface area contributed by atoms with Crippen molar-refractivity contribution in [2.24, 2.45) is 0 Å². The SMILES string of the molecule is Fc1c(Cl)cccc1[C@H](Nc1ncnc2ccc(O[C@H]3CCNC3)nc12)C(F)(F)F. The van der Waals surface area contributed by atoms with Crippen LogP contribution in [-0.4, -0.2) is 40.3 Å². The summed E-state index contributed by atoms with van der Waals surface area (Å²) in [6.45, 7) is 1.47. The van der Waals surface area contributed by atoms with Gasteiger partial charge in [0.25, 0.3) is 0 Å². The Balaban J connectivity index is 1.72. The third-order valence-electron chi connectivity index (χ3n) is 4.66.